The molecule has 4 heteroatoms. The summed E-state index contributed by atoms with van der Waals surface area (Å²) in [6.45, 7) is 2.29. The number of aromatic nitrogens is 2. The van der Waals surface area contributed by atoms with Crippen LogP contribution in [0.4, 0.5) is 0 Å². The molecule has 1 N–H and O–H groups in total. The van der Waals surface area contributed by atoms with E-state index in [4.69, 9.17) is 4.98 Å². The fourth-order valence-corrected chi connectivity index (χ4v) is 4.82. The van der Waals surface area contributed by atoms with Gasteiger partial charge in [0.05, 0.1) is 5.39 Å². The summed E-state index contributed by atoms with van der Waals surface area (Å²) in [7, 11) is 0. The van der Waals surface area contributed by atoms with Crippen molar-refractivity contribution >= 4 is 21.6 Å². The summed E-state index contributed by atoms with van der Waals surface area (Å²) < 4.78 is 0. The van der Waals surface area contributed by atoms with Crippen molar-refractivity contribution in [1.82, 2.24) is 9.97 Å². The molecule has 23 heavy (non-hydrogen) atoms. The minimum atomic E-state index is 0.0464. The maximum atomic E-state index is 12.5. The van der Waals surface area contributed by atoms with Gasteiger partial charge in [0.2, 0.25) is 0 Å². The van der Waals surface area contributed by atoms with E-state index in [-0.39, 0.29) is 5.56 Å². The molecule has 0 radical (unpaired) electrons. The molecule has 1 aromatic carbocycles. The smallest absolute Gasteiger partial charge is 0.259 e. The summed E-state index contributed by atoms with van der Waals surface area (Å²) in [6, 6.07) is 10.3. The Kier molecular flexibility index (Phi) is 3.77. The van der Waals surface area contributed by atoms with Gasteiger partial charge in [0.1, 0.15) is 10.7 Å². The molecule has 0 saturated carbocycles. The van der Waals surface area contributed by atoms with E-state index in [1.807, 2.05) is 18.2 Å². The van der Waals surface area contributed by atoms with Crippen molar-refractivity contribution in [2.45, 2.75) is 39.0 Å². The second kappa shape index (κ2) is 5.93. The van der Waals surface area contributed by atoms with E-state index in [1.54, 1.807) is 11.3 Å². The molecular weight excluding hydrogens is 304 g/mol. The second-order valence-corrected chi connectivity index (χ2v) is 7.61. The largest absolute Gasteiger partial charge is 0.310 e. The molecule has 1 aliphatic rings. The highest BCUT2D eigenvalue weighted by molar-refractivity contribution is 7.18. The number of benzene rings is 1. The molecule has 0 bridgehead atoms. The molecule has 0 spiro atoms. The Morgan fingerprint density at radius 1 is 1.26 bits per heavy atom. The Balaban J connectivity index is 1.66. The van der Waals surface area contributed by atoms with Crippen LogP contribution in [0.2, 0.25) is 0 Å². The van der Waals surface area contributed by atoms with Gasteiger partial charge in [-0.2, -0.15) is 0 Å². The number of hydrogen-bond donors (Lipinski definition) is 1. The number of hydrogen-bond acceptors (Lipinski definition) is 3. The van der Waals surface area contributed by atoms with Crippen LogP contribution in [-0.4, -0.2) is 9.97 Å². The highest BCUT2D eigenvalue weighted by Crippen LogP contribution is 2.35. The molecule has 1 unspecified atom stereocenters. The van der Waals surface area contributed by atoms with Gasteiger partial charge in [-0.1, -0.05) is 37.3 Å². The number of fused-ring (bicyclic) bond motifs is 3. The van der Waals surface area contributed by atoms with Gasteiger partial charge in [-0.05, 0) is 42.7 Å². The molecule has 0 aliphatic heterocycles. The van der Waals surface area contributed by atoms with Gasteiger partial charge in [-0.15, -0.1) is 11.3 Å². The number of H-pyrrole nitrogens is 1. The third-order valence-corrected chi connectivity index (χ3v) is 5.86. The van der Waals surface area contributed by atoms with Crippen LogP contribution in [0.1, 0.15) is 35.2 Å². The zero-order valence-electron chi connectivity index (χ0n) is 13.3. The van der Waals surface area contributed by atoms with Crippen molar-refractivity contribution in [2.24, 2.45) is 5.92 Å². The van der Waals surface area contributed by atoms with Crippen molar-refractivity contribution < 1.29 is 0 Å². The number of rotatable bonds is 3. The molecule has 2 aromatic heterocycles. The van der Waals surface area contributed by atoms with Crippen LogP contribution in [0, 0.1) is 5.92 Å². The lowest BCUT2D eigenvalue weighted by atomic mass is 9.89. The van der Waals surface area contributed by atoms with Crippen LogP contribution in [0.15, 0.2) is 35.1 Å². The number of aryl methyl sites for hydroxylation is 3. The summed E-state index contributed by atoms with van der Waals surface area (Å²) >= 11 is 1.72. The van der Waals surface area contributed by atoms with E-state index in [9.17, 15) is 4.79 Å². The van der Waals surface area contributed by atoms with Crippen molar-refractivity contribution in [3.05, 3.63) is 62.5 Å². The maximum Gasteiger partial charge on any atom is 0.259 e. The third kappa shape index (κ3) is 2.83. The molecule has 3 nitrogen and oxygen atoms in total. The van der Waals surface area contributed by atoms with Crippen LogP contribution < -0.4 is 5.56 Å². The van der Waals surface area contributed by atoms with Crippen molar-refractivity contribution in [3.63, 3.8) is 0 Å². The first-order chi connectivity index (χ1) is 11.2. The first-order valence-electron chi connectivity index (χ1n) is 8.28. The van der Waals surface area contributed by atoms with Gasteiger partial charge in [0.15, 0.2) is 0 Å². The topological polar surface area (TPSA) is 45.8 Å². The summed E-state index contributed by atoms with van der Waals surface area (Å²) in [5.41, 5.74) is 2.58. The van der Waals surface area contributed by atoms with Crippen LogP contribution in [0.25, 0.3) is 10.2 Å². The minimum absolute atomic E-state index is 0.0464. The van der Waals surface area contributed by atoms with Crippen LogP contribution in [0.3, 0.4) is 0 Å². The molecular formula is C19H20N2OS. The molecule has 0 saturated heterocycles. The summed E-state index contributed by atoms with van der Waals surface area (Å²) in [4.78, 5) is 22.6. The van der Waals surface area contributed by atoms with Gasteiger partial charge in [0, 0.05) is 11.3 Å². The van der Waals surface area contributed by atoms with Gasteiger partial charge >= 0.3 is 0 Å². The van der Waals surface area contributed by atoms with Crippen LogP contribution >= 0.6 is 11.3 Å². The molecule has 1 atom stereocenters. The maximum absolute atomic E-state index is 12.5. The van der Waals surface area contributed by atoms with Gasteiger partial charge in [0.25, 0.3) is 5.56 Å². The third-order valence-electron chi connectivity index (χ3n) is 4.71. The Morgan fingerprint density at radius 3 is 2.91 bits per heavy atom. The standard InChI is InChI=1S/C19H20N2OS/c1-12-7-9-14-15(11-12)23-19-17(14)18(22)20-16(21-19)10-8-13-5-3-2-4-6-13/h2-6,12H,7-11H2,1H3,(H,20,21,22). The molecule has 118 valence electrons. The lowest BCUT2D eigenvalue weighted by Crippen LogP contribution is -2.15. The molecule has 3 aromatic rings. The van der Waals surface area contributed by atoms with E-state index in [0.29, 0.717) is 5.92 Å². The van der Waals surface area contributed by atoms with E-state index >= 15 is 0 Å². The predicted octanol–water partition coefficient (Wildman–Crippen LogP) is 3.89. The predicted molar refractivity (Wildman–Crippen MR) is 95.3 cm³/mol. The molecule has 2 heterocycles. The molecule has 1 aliphatic carbocycles. The first-order valence-corrected chi connectivity index (χ1v) is 9.09. The molecule has 0 amide bonds. The van der Waals surface area contributed by atoms with E-state index in [1.165, 1.54) is 22.4 Å². The van der Waals surface area contributed by atoms with E-state index in [0.717, 1.165) is 41.7 Å². The lowest BCUT2D eigenvalue weighted by molar-refractivity contribution is 0.509. The van der Waals surface area contributed by atoms with Gasteiger partial charge in [-0.3, -0.25) is 4.79 Å². The Morgan fingerprint density at radius 2 is 2.09 bits per heavy atom. The summed E-state index contributed by atoms with van der Waals surface area (Å²) in [5, 5.41) is 0.848. The fraction of sp³-hybridized carbons (Fsp3) is 0.368. The average Bonchev–Trinajstić information content (AvgIpc) is 2.91. The normalized spacial score (nSPS) is 17.3. The summed E-state index contributed by atoms with van der Waals surface area (Å²) in [6.07, 6.45) is 4.96. The zero-order chi connectivity index (χ0) is 15.8. The number of nitrogens with zero attached hydrogens (tertiary/aromatic N) is 1. The van der Waals surface area contributed by atoms with Crippen molar-refractivity contribution in [2.75, 3.05) is 0 Å². The van der Waals surface area contributed by atoms with Gasteiger partial charge < -0.3 is 4.98 Å². The molecule has 4 rings (SSSR count). The Hall–Kier alpha value is -1.94. The fourth-order valence-electron chi connectivity index (χ4n) is 3.42. The quantitative estimate of drug-likeness (QED) is 0.794. The Labute approximate surface area is 139 Å². The van der Waals surface area contributed by atoms with Crippen molar-refractivity contribution in [3.8, 4) is 0 Å². The van der Waals surface area contributed by atoms with Crippen molar-refractivity contribution in [1.29, 1.82) is 0 Å². The number of nitrogens with one attached hydrogen (secondary N) is 1. The van der Waals surface area contributed by atoms with Crippen LogP contribution in [-0.2, 0) is 25.7 Å². The van der Waals surface area contributed by atoms with E-state index < -0.39 is 0 Å². The highest BCUT2D eigenvalue weighted by atomic mass is 32.1. The molecule has 0 fully saturated rings. The summed E-state index contributed by atoms with van der Waals surface area (Å²) in [5.74, 6) is 1.52. The van der Waals surface area contributed by atoms with Gasteiger partial charge in [-0.25, -0.2) is 4.98 Å². The minimum Gasteiger partial charge on any atom is -0.310 e. The second-order valence-electron chi connectivity index (χ2n) is 6.53. The SMILES string of the molecule is CC1CCc2c(sc3nc(CCc4ccccc4)[nH]c(=O)c23)C1. The van der Waals surface area contributed by atoms with E-state index in [2.05, 4.69) is 24.0 Å². The number of aromatic amines is 1. The zero-order valence-corrected chi connectivity index (χ0v) is 14.1. The van der Waals surface area contributed by atoms with Crippen LogP contribution in [0.5, 0.6) is 0 Å². The Bertz CT molecular complexity index is 895. The average molecular weight is 324 g/mol. The highest BCUT2D eigenvalue weighted by Gasteiger charge is 2.22. The first kappa shape index (κ1) is 14.6. The monoisotopic (exact) mass is 324 g/mol. The lowest BCUT2D eigenvalue weighted by Gasteiger charge is -2.17. The number of thiophene rings is 1.